The summed E-state index contributed by atoms with van der Waals surface area (Å²) in [6.45, 7) is 0.699. The van der Waals surface area contributed by atoms with Crippen LogP contribution in [0.25, 0.3) is 0 Å². The number of carbonyl (C=O) groups is 1. The standard InChI is InChI=1S/C18H17N3OS/c1-23-17-5-2-4-16(12-17)20-18(22)15-8-6-14(7-9-15)13-21-11-3-10-19-21/h2-12H,13H2,1H3,(H,20,22). The Morgan fingerprint density at radius 2 is 2.00 bits per heavy atom. The van der Waals surface area contributed by atoms with Gasteiger partial charge in [0.25, 0.3) is 5.91 Å². The highest BCUT2D eigenvalue weighted by Crippen LogP contribution is 2.19. The molecule has 5 heteroatoms. The number of carbonyl (C=O) groups excluding carboxylic acids is 1. The molecule has 1 amide bonds. The lowest BCUT2D eigenvalue weighted by Gasteiger charge is -2.07. The number of amides is 1. The highest BCUT2D eigenvalue weighted by molar-refractivity contribution is 7.98. The zero-order valence-corrected chi connectivity index (χ0v) is 13.6. The molecule has 2 aromatic carbocycles. The molecule has 3 rings (SSSR count). The molecule has 23 heavy (non-hydrogen) atoms. The van der Waals surface area contributed by atoms with E-state index < -0.39 is 0 Å². The first-order valence-electron chi connectivity index (χ1n) is 7.26. The van der Waals surface area contributed by atoms with Crippen LogP contribution in [0.4, 0.5) is 5.69 Å². The average Bonchev–Trinajstić information content (AvgIpc) is 3.08. The summed E-state index contributed by atoms with van der Waals surface area (Å²) < 4.78 is 1.85. The molecule has 0 aliphatic rings. The number of benzene rings is 2. The van der Waals surface area contributed by atoms with E-state index in [-0.39, 0.29) is 5.91 Å². The van der Waals surface area contributed by atoms with Crippen LogP contribution in [0, 0.1) is 0 Å². The van der Waals surface area contributed by atoms with E-state index in [1.54, 1.807) is 18.0 Å². The van der Waals surface area contributed by atoms with Gasteiger partial charge in [-0.1, -0.05) is 18.2 Å². The minimum absolute atomic E-state index is 0.103. The number of nitrogens with zero attached hydrogens (tertiary/aromatic N) is 2. The van der Waals surface area contributed by atoms with Gasteiger partial charge in [-0.05, 0) is 48.2 Å². The first-order chi connectivity index (χ1) is 11.2. The van der Waals surface area contributed by atoms with Crippen molar-refractivity contribution in [3.63, 3.8) is 0 Å². The number of anilines is 1. The van der Waals surface area contributed by atoms with Crippen molar-refractivity contribution in [2.75, 3.05) is 11.6 Å². The summed E-state index contributed by atoms with van der Waals surface area (Å²) in [6.07, 6.45) is 5.68. The highest BCUT2D eigenvalue weighted by atomic mass is 32.2. The van der Waals surface area contributed by atoms with Crippen LogP contribution in [0.5, 0.6) is 0 Å². The summed E-state index contributed by atoms with van der Waals surface area (Å²) in [5.74, 6) is -0.103. The predicted octanol–water partition coefficient (Wildman–Crippen LogP) is 3.91. The summed E-state index contributed by atoms with van der Waals surface area (Å²) in [5.41, 5.74) is 2.56. The largest absolute Gasteiger partial charge is 0.322 e. The molecule has 3 aromatic rings. The maximum absolute atomic E-state index is 12.3. The Labute approximate surface area is 139 Å². The SMILES string of the molecule is CSc1cccc(NC(=O)c2ccc(Cn3cccn3)cc2)c1. The van der Waals surface area contributed by atoms with E-state index in [9.17, 15) is 4.79 Å². The van der Waals surface area contributed by atoms with E-state index in [0.29, 0.717) is 12.1 Å². The Balaban J connectivity index is 1.67. The molecule has 4 nitrogen and oxygen atoms in total. The van der Waals surface area contributed by atoms with Gasteiger partial charge in [-0.3, -0.25) is 9.48 Å². The first-order valence-corrected chi connectivity index (χ1v) is 8.49. The van der Waals surface area contributed by atoms with Crippen molar-refractivity contribution in [1.82, 2.24) is 9.78 Å². The van der Waals surface area contributed by atoms with Crippen LogP contribution >= 0.6 is 11.8 Å². The van der Waals surface area contributed by atoms with Gasteiger partial charge in [-0.2, -0.15) is 5.10 Å². The molecule has 0 aliphatic heterocycles. The van der Waals surface area contributed by atoms with Crippen molar-refractivity contribution >= 4 is 23.4 Å². The maximum atomic E-state index is 12.3. The van der Waals surface area contributed by atoms with Crippen molar-refractivity contribution in [1.29, 1.82) is 0 Å². The monoisotopic (exact) mass is 323 g/mol. The number of nitrogens with one attached hydrogen (secondary N) is 1. The van der Waals surface area contributed by atoms with Crippen molar-refractivity contribution in [3.8, 4) is 0 Å². The topological polar surface area (TPSA) is 46.9 Å². The molecule has 0 spiro atoms. The minimum Gasteiger partial charge on any atom is -0.322 e. The third kappa shape index (κ3) is 4.02. The fourth-order valence-electron chi connectivity index (χ4n) is 2.25. The fraction of sp³-hybridized carbons (Fsp3) is 0.111. The maximum Gasteiger partial charge on any atom is 0.255 e. The van der Waals surface area contributed by atoms with Crippen molar-refractivity contribution < 1.29 is 4.79 Å². The number of aromatic nitrogens is 2. The van der Waals surface area contributed by atoms with E-state index in [1.165, 1.54) is 0 Å². The molecule has 0 saturated heterocycles. The van der Waals surface area contributed by atoms with E-state index >= 15 is 0 Å². The Kier molecular flexibility index (Phi) is 4.78. The van der Waals surface area contributed by atoms with Gasteiger partial charge in [0.05, 0.1) is 6.54 Å². The number of hydrogen-bond donors (Lipinski definition) is 1. The lowest BCUT2D eigenvalue weighted by Crippen LogP contribution is -2.12. The molecule has 1 N–H and O–H groups in total. The molecule has 0 aliphatic carbocycles. The van der Waals surface area contributed by atoms with Crippen LogP contribution in [0.1, 0.15) is 15.9 Å². The predicted molar refractivity (Wildman–Crippen MR) is 93.9 cm³/mol. The molecule has 0 radical (unpaired) electrons. The van der Waals surface area contributed by atoms with E-state index in [0.717, 1.165) is 16.1 Å². The summed E-state index contributed by atoms with van der Waals surface area (Å²) in [7, 11) is 0. The molecule has 116 valence electrons. The van der Waals surface area contributed by atoms with Crippen molar-refractivity contribution in [2.24, 2.45) is 0 Å². The van der Waals surface area contributed by atoms with Gasteiger partial charge in [0.2, 0.25) is 0 Å². The average molecular weight is 323 g/mol. The molecule has 0 bridgehead atoms. The Morgan fingerprint density at radius 1 is 1.17 bits per heavy atom. The second kappa shape index (κ2) is 7.15. The van der Waals surface area contributed by atoms with Crippen LogP contribution < -0.4 is 5.32 Å². The summed E-state index contributed by atoms with van der Waals surface area (Å²) in [4.78, 5) is 13.4. The molecule has 0 saturated carbocycles. The van der Waals surface area contributed by atoms with Crippen LogP contribution in [0.3, 0.4) is 0 Å². The molecule has 0 atom stereocenters. The first kappa shape index (κ1) is 15.4. The fourth-order valence-corrected chi connectivity index (χ4v) is 2.71. The van der Waals surface area contributed by atoms with E-state index in [1.807, 2.05) is 71.7 Å². The number of hydrogen-bond acceptors (Lipinski definition) is 3. The van der Waals surface area contributed by atoms with Crippen molar-refractivity contribution in [2.45, 2.75) is 11.4 Å². The van der Waals surface area contributed by atoms with Gasteiger partial charge in [-0.15, -0.1) is 11.8 Å². The lowest BCUT2D eigenvalue weighted by atomic mass is 10.1. The van der Waals surface area contributed by atoms with Gasteiger partial charge in [0.15, 0.2) is 0 Å². The normalized spacial score (nSPS) is 10.5. The Hall–Kier alpha value is -2.53. The van der Waals surface area contributed by atoms with Gasteiger partial charge in [0, 0.05) is 28.5 Å². The van der Waals surface area contributed by atoms with Crippen molar-refractivity contribution in [3.05, 3.63) is 78.1 Å². The highest BCUT2D eigenvalue weighted by Gasteiger charge is 2.06. The van der Waals surface area contributed by atoms with E-state index in [4.69, 9.17) is 0 Å². The zero-order chi connectivity index (χ0) is 16.1. The molecular formula is C18H17N3OS. The lowest BCUT2D eigenvalue weighted by molar-refractivity contribution is 0.102. The molecule has 0 unspecified atom stereocenters. The molecular weight excluding hydrogens is 306 g/mol. The number of thioether (sulfide) groups is 1. The second-order valence-electron chi connectivity index (χ2n) is 5.09. The molecule has 1 aromatic heterocycles. The molecule has 0 fully saturated rings. The third-order valence-electron chi connectivity index (χ3n) is 3.45. The molecule has 1 heterocycles. The van der Waals surface area contributed by atoms with Gasteiger partial charge >= 0.3 is 0 Å². The minimum atomic E-state index is -0.103. The smallest absolute Gasteiger partial charge is 0.255 e. The summed E-state index contributed by atoms with van der Waals surface area (Å²) in [6, 6.07) is 17.3. The van der Waals surface area contributed by atoms with Gasteiger partial charge < -0.3 is 5.32 Å². The van der Waals surface area contributed by atoms with Crippen LogP contribution in [-0.4, -0.2) is 21.9 Å². The van der Waals surface area contributed by atoms with Crippen LogP contribution in [-0.2, 0) is 6.54 Å². The van der Waals surface area contributed by atoms with Crippen LogP contribution in [0.2, 0.25) is 0 Å². The number of rotatable bonds is 5. The summed E-state index contributed by atoms with van der Waals surface area (Å²) >= 11 is 1.65. The van der Waals surface area contributed by atoms with Gasteiger partial charge in [-0.25, -0.2) is 0 Å². The summed E-state index contributed by atoms with van der Waals surface area (Å²) in [5, 5.41) is 7.10. The quantitative estimate of drug-likeness (QED) is 0.724. The van der Waals surface area contributed by atoms with Gasteiger partial charge in [0.1, 0.15) is 0 Å². The van der Waals surface area contributed by atoms with E-state index in [2.05, 4.69) is 10.4 Å². The zero-order valence-electron chi connectivity index (χ0n) is 12.8. The Bertz CT molecular complexity index is 782. The third-order valence-corrected chi connectivity index (χ3v) is 4.17. The van der Waals surface area contributed by atoms with Crippen LogP contribution in [0.15, 0.2) is 71.9 Å². The second-order valence-corrected chi connectivity index (χ2v) is 5.97. The Morgan fingerprint density at radius 3 is 2.70 bits per heavy atom.